The van der Waals surface area contributed by atoms with E-state index in [9.17, 15) is 14.9 Å². The lowest BCUT2D eigenvalue weighted by atomic mass is 10.3. The number of hydrogen-bond donors (Lipinski definition) is 3. The van der Waals surface area contributed by atoms with Crippen molar-refractivity contribution in [1.82, 2.24) is 15.6 Å². The highest BCUT2D eigenvalue weighted by Crippen LogP contribution is 2.41. The topological polar surface area (TPSA) is 100 Å². The van der Waals surface area contributed by atoms with Crippen molar-refractivity contribution in [3.05, 3.63) is 27.9 Å². The molecule has 2 aliphatic rings. The van der Waals surface area contributed by atoms with Gasteiger partial charge in [-0.1, -0.05) is 0 Å². The molecule has 1 saturated heterocycles. The van der Waals surface area contributed by atoms with E-state index < -0.39 is 4.92 Å². The van der Waals surface area contributed by atoms with Crippen LogP contribution < -0.4 is 10.6 Å². The standard InChI is InChI=1S/C10H12N4O3/c15-10(7-1-2-8(12-7)14(16)17)13-9-5-3-11-4-6(5)9/h1-2,5-6,9,11-12H,3-4H2,(H,13,15). The minimum Gasteiger partial charge on any atom is -0.358 e. The minimum atomic E-state index is -0.549. The molecule has 17 heavy (non-hydrogen) atoms. The van der Waals surface area contributed by atoms with Crippen LogP contribution in [0.1, 0.15) is 10.5 Å². The zero-order valence-corrected chi connectivity index (χ0v) is 8.97. The molecule has 1 amide bonds. The van der Waals surface area contributed by atoms with Gasteiger partial charge in [-0.3, -0.25) is 4.79 Å². The van der Waals surface area contributed by atoms with Gasteiger partial charge >= 0.3 is 5.82 Å². The average Bonchev–Trinajstić information content (AvgIpc) is 2.82. The maximum atomic E-state index is 11.8. The summed E-state index contributed by atoms with van der Waals surface area (Å²) in [6, 6.07) is 2.96. The Morgan fingerprint density at radius 1 is 1.41 bits per heavy atom. The number of nitrogens with zero attached hydrogens (tertiary/aromatic N) is 1. The van der Waals surface area contributed by atoms with E-state index in [-0.39, 0.29) is 23.5 Å². The van der Waals surface area contributed by atoms with Crippen LogP contribution in [0.4, 0.5) is 5.82 Å². The molecule has 1 saturated carbocycles. The third-order valence-corrected chi connectivity index (χ3v) is 3.50. The average molecular weight is 236 g/mol. The van der Waals surface area contributed by atoms with Gasteiger partial charge in [0.25, 0.3) is 5.91 Å². The Morgan fingerprint density at radius 2 is 2.12 bits per heavy atom. The number of amides is 1. The van der Waals surface area contributed by atoms with Gasteiger partial charge in [-0.25, -0.2) is 4.98 Å². The predicted octanol–water partition coefficient (Wildman–Crippen LogP) is -0.129. The first-order chi connectivity index (χ1) is 8.16. The molecule has 1 aliphatic heterocycles. The van der Waals surface area contributed by atoms with Crippen LogP contribution in [0.2, 0.25) is 0 Å². The normalized spacial score (nSPS) is 29.8. The second kappa shape index (κ2) is 3.56. The number of rotatable bonds is 3. The molecule has 2 unspecified atom stereocenters. The van der Waals surface area contributed by atoms with Crippen molar-refractivity contribution < 1.29 is 9.72 Å². The molecular weight excluding hydrogens is 224 g/mol. The van der Waals surface area contributed by atoms with Crippen molar-refractivity contribution in [2.75, 3.05) is 13.1 Å². The quantitative estimate of drug-likeness (QED) is 0.502. The van der Waals surface area contributed by atoms with Crippen molar-refractivity contribution in [1.29, 1.82) is 0 Å². The van der Waals surface area contributed by atoms with E-state index in [1.54, 1.807) is 0 Å². The van der Waals surface area contributed by atoms with Crippen LogP contribution in [0.3, 0.4) is 0 Å². The van der Waals surface area contributed by atoms with E-state index in [0.29, 0.717) is 11.8 Å². The van der Waals surface area contributed by atoms with Gasteiger partial charge < -0.3 is 20.7 Å². The lowest BCUT2D eigenvalue weighted by Crippen LogP contribution is -2.32. The monoisotopic (exact) mass is 236 g/mol. The van der Waals surface area contributed by atoms with Crippen LogP contribution in [-0.4, -0.2) is 34.9 Å². The van der Waals surface area contributed by atoms with Crippen molar-refractivity contribution in [2.45, 2.75) is 6.04 Å². The van der Waals surface area contributed by atoms with Crippen LogP contribution in [-0.2, 0) is 0 Å². The number of H-pyrrole nitrogens is 1. The zero-order chi connectivity index (χ0) is 12.0. The molecule has 1 aromatic rings. The molecule has 2 atom stereocenters. The lowest BCUT2D eigenvalue weighted by molar-refractivity contribution is -0.389. The molecule has 0 bridgehead atoms. The highest BCUT2D eigenvalue weighted by Gasteiger charge is 2.53. The second-order valence-electron chi connectivity index (χ2n) is 4.50. The van der Waals surface area contributed by atoms with Crippen molar-refractivity contribution in [3.8, 4) is 0 Å². The Labute approximate surface area is 96.7 Å². The fraction of sp³-hybridized carbons (Fsp3) is 0.500. The Morgan fingerprint density at radius 3 is 2.71 bits per heavy atom. The third-order valence-electron chi connectivity index (χ3n) is 3.50. The molecule has 7 nitrogen and oxygen atoms in total. The van der Waals surface area contributed by atoms with Crippen molar-refractivity contribution in [2.24, 2.45) is 11.8 Å². The lowest BCUT2D eigenvalue weighted by Gasteiger charge is -2.04. The summed E-state index contributed by atoms with van der Waals surface area (Å²) in [5.41, 5.74) is 0.245. The van der Waals surface area contributed by atoms with E-state index in [1.807, 2.05) is 0 Å². The maximum absolute atomic E-state index is 11.8. The molecule has 3 N–H and O–H groups in total. The van der Waals surface area contributed by atoms with E-state index in [2.05, 4.69) is 15.6 Å². The van der Waals surface area contributed by atoms with E-state index >= 15 is 0 Å². The van der Waals surface area contributed by atoms with Gasteiger partial charge in [-0.2, -0.15) is 0 Å². The number of nitrogens with one attached hydrogen (secondary N) is 3. The molecule has 0 radical (unpaired) electrons. The van der Waals surface area contributed by atoms with E-state index in [1.165, 1.54) is 12.1 Å². The number of nitro groups is 1. The number of carbonyl (C=O) groups is 1. The van der Waals surface area contributed by atoms with Gasteiger partial charge in [0, 0.05) is 25.2 Å². The van der Waals surface area contributed by atoms with Gasteiger partial charge in [0.1, 0.15) is 0 Å². The fourth-order valence-corrected chi connectivity index (χ4v) is 2.48. The molecule has 3 rings (SSSR count). The summed E-state index contributed by atoms with van der Waals surface area (Å²) >= 11 is 0. The van der Waals surface area contributed by atoms with E-state index in [0.717, 1.165) is 13.1 Å². The molecule has 1 aliphatic carbocycles. The molecule has 0 aromatic carbocycles. The summed E-state index contributed by atoms with van der Waals surface area (Å²) < 4.78 is 0. The van der Waals surface area contributed by atoms with Crippen molar-refractivity contribution in [3.63, 3.8) is 0 Å². The largest absolute Gasteiger partial charge is 0.358 e. The van der Waals surface area contributed by atoms with Crippen LogP contribution in [0.5, 0.6) is 0 Å². The molecule has 2 heterocycles. The highest BCUT2D eigenvalue weighted by atomic mass is 16.6. The first-order valence-corrected chi connectivity index (χ1v) is 5.52. The smallest absolute Gasteiger partial charge is 0.321 e. The van der Waals surface area contributed by atoms with Crippen molar-refractivity contribution >= 4 is 11.7 Å². The summed E-state index contributed by atoms with van der Waals surface area (Å²) in [6.07, 6.45) is 0. The summed E-state index contributed by atoms with van der Waals surface area (Å²) in [6.45, 7) is 1.89. The Balaban J connectivity index is 1.64. The summed E-state index contributed by atoms with van der Waals surface area (Å²) in [7, 11) is 0. The number of hydrogen-bond acceptors (Lipinski definition) is 4. The van der Waals surface area contributed by atoms with Crippen LogP contribution in [0.15, 0.2) is 12.1 Å². The number of carbonyl (C=O) groups excluding carboxylic acids is 1. The fourth-order valence-electron chi connectivity index (χ4n) is 2.48. The minimum absolute atomic E-state index is 0.159. The molecule has 1 aromatic heterocycles. The molecule has 7 heteroatoms. The van der Waals surface area contributed by atoms with Gasteiger partial charge in [0.05, 0.1) is 0 Å². The van der Waals surface area contributed by atoms with Gasteiger partial charge in [0.2, 0.25) is 0 Å². The summed E-state index contributed by atoms with van der Waals surface area (Å²) in [5.74, 6) is 0.637. The first-order valence-electron chi connectivity index (χ1n) is 5.52. The predicted molar refractivity (Wildman–Crippen MR) is 58.6 cm³/mol. The van der Waals surface area contributed by atoms with Gasteiger partial charge in [0.15, 0.2) is 5.69 Å². The van der Waals surface area contributed by atoms with Gasteiger partial charge in [-0.05, 0) is 22.8 Å². The van der Waals surface area contributed by atoms with E-state index in [4.69, 9.17) is 0 Å². The Bertz CT molecular complexity index is 474. The Hall–Kier alpha value is -1.89. The van der Waals surface area contributed by atoms with Crippen LogP contribution in [0, 0.1) is 22.0 Å². The molecule has 90 valence electrons. The molecule has 0 spiro atoms. The van der Waals surface area contributed by atoms with Crippen LogP contribution >= 0.6 is 0 Å². The SMILES string of the molecule is O=C(NC1C2CNCC21)c1ccc([N+](=O)[O-])[nH]1. The Kier molecular flexibility index (Phi) is 2.15. The number of aromatic nitrogens is 1. The number of fused-ring (bicyclic) bond motifs is 1. The molecular formula is C10H12N4O3. The zero-order valence-electron chi connectivity index (χ0n) is 8.97. The van der Waals surface area contributed by atoms with Gasteiger partial charge in [-0.15, -0.1) is 0 Å². The first kappa shape index (κ1) is 10.3. The second-order valence-corrected chi connectivity index (χ2v) is 4.50. The summed E-state index contributed by atoms with van der Waals surface area (Å²) in [4.78, 5) is 24.2. The number of aromatic amines is 1. The highest BCUT2D eigenvalue weighted by molar-refractivity contribution is 5.93. The maximum Gasteiger partial charge on any atom is 0.321 e. The van der Waals surface area contributed by atoms with Crippen LogP contribution in [0.25, 0.3) is 0 Å². The third kappa shape index (κ3) is 1.68. The number of piperidine rings is 1. The summed E-state index contributed by atoms with van der Waals surface area (Å²) in [5, 5.41) is 16.6. The molecule has 2 fully saturated rings.